The normalized spacial score (nSPS) is 20.3. The summed E-state index contributed by atoms with van der Waals surface area (Å²) in [5, 5.41) is 6.75. The van der Waals surface area contributed by atoms with Gasteiger partial charge in [0, 0.05) is 36.7 Å². The summed E-state index contributed by atoms with van der Waals surface area (Å²) in [6.45, 7) is 0.760. The van der Waals surface area contributed by atoms with Gasteiger partial charge in [0.2, 0.25) is 11.9 Å². The van der Waals surface area contributed by atoms with Crippen molar-refractivity contribution in [2.24, 2.45) is 5.92 Å². The zero-order chi connectivity index (χ0) is 22.5. The van der Waals surface area contributed by atoms with Crippen LogP contribution in [0, 0.1) is 5.92 Å². The van der Waals surface area contributed by atoms with Crippen molar-refractivity contribution in [3.63, 3.8) is 0 Å². The topological polar surface area (TPSA) is 70.2 Å². The van der Waals surface area contributed by atoms with E-state index in [1.807, 2.05) is 24.3 Å². The van der Waals surface area contributed by atoms with Gasteiger partial charge in [0.15, 0.2) is 0 Å². The summed E-state index contributed by atoms with van der Waals surface area (Å²) < 4.78 is 0.989. The van der Waals surface area contributed by atoms with Gasteiger partial charge in [-0.3, -0.25) is 4.79 Å². The van der Waals surface area contributed by atoms with Crippen molar-refractivity contribution >= 4 is 33.6 Å². The summed E-state index contributed by atoms with van der Waals surface area (Å²) in [7, 11) is 4.13. The number of aryl methyl sites for hydroxylation is 1. The SMILES string of the molecule is CN(C)c1nc(NC2CCC(CNC(=O)Cc3ccccc3Br)CC2)nc2c1CCCC2. The van der Waals surface area contributed by atoms with Crippen molar-refractivity contribution in [2.45, 2.75) is 63.8 Å². The molecule has 1 aromatic carbocycles. The van der Waals surface area contributed by atoms with Crippen molar-refractivity contribution in [3.8, 4) is 0 Å². The number of nitrogens with one attached hydrogen (secondary N) is 2. The van der Waals surface area contributed by atoms with Gasteiger partial charge in [0.05, 0.1) is 12.1 Å². The molecule has 0 spiro atoms. The lowest BCUT2D eigenvalue weighted by Gasteiger charge is -2.30. The predicted octanol–water partition coefficient (Wildman–Crippen LogP) is 4.51. The van der Waals surface area contributed by atoms with Gasteiger partial charge in [0.1, 0.15) is 5.82 Å². The molecule has 32 heavy (non-hydrogen) atoms. The van der Waals surface area contributed by atoms with Crippen LogP contribution >= 0.6 is 15.9 Å². The fourth-order valence-electron chi connectivity index (χ4n) is 4.84. The Morgan fingerprint density at radius 3 is 2.59 bits per heavy atom. The van der Waals surface area contributed by atoms with Crippen molar-refractivity contribution in [1.29, 1.82) is 0 Å². The van der Waals surface area contributed by atoms with Crippen LogP contribution in [0.3, 0.4) is 0 Å². The van der Waals surface area contributed by atoms with Crippen molar-refractivity contribution in [1.82, 2.24) is 15.3 Å². The summed E-state index contributed by atoms with van der Waals surface area (Å²) in [4.78, 5) is 24.2. The fourth-order valence-corrected chi connectivity index (χ4v) is 5.26. The lowest BCUT2D eigenvalue weighted by Crippen LogP contribution is -2.35. The maximum atomic E-state index is 12.4. The van der Waals surface area contributed by atoms with Gasteiger partial charge in [-0.15, -0.1) is 0 Å². The Morgan fingerprint density at radius 2 is 1.84 bits per heavy atom. The van der Waals surface area contributed by atoms with Crippen molar-refractivity contribution < 1.29 is 4.79 Å². The van der Waals surface area contributed by atoms with Crippen LogP contribution in [0.15, 0.2) is 28.7 Å². The van der Waals surface area contributed by atoms with Gasteiger partial charge in [-0.1, -0.05) is 34.1 Å². The van der Waals surface area contributed by atoms with E-state index in [0.717, 1.165) is 66.9 Å². The lowest BCUT2D eigenvalue weighted by molar-refractivity contribution is -0.120. The van der Waals surface area contributed by atoms with E-state index < -0.39 is 0 Å². The molecule has 1 amide bonds. The van der Waals surface area contributed by atoms with E-state index in [1.54, 1.807) is 0 Å². The van der Waals surface area contributed by atoms with Crippen LogP contribution in [-0.4, -0.2) is 42.6 Å². The molecule has 0 atom stereocenters. The Kier molecular flexibility index (Phi) is 7.66. The molecule has 0 saturated heterocycles. The molecule has 7 heteroatoms. The van der Waals surface area contributed by atoms with Crippen molar-refractivity contribution in [3.05, 3.63) is 45.6 Å². The molecule has 0 bridgehead atoms. The Balaban J connectivity index is 1.26. The minimum Gasteiger partial charge on any atom is -0.362 e. The molecule has 2 aliphatic rings. The van der Waals surface area contributed by atoms with E-state index in [9.17, 15) is 4.79 Å². The average Bonchev–Trinajstić information content (AvgIpc) is 2.79. The summed E-state index contributed by atoms with van der Waals surface area (Å²) >= 11 is 3.52. The second-order valence-electron chi connectivity index (χ2n) is 9.33. The van der Waals surface area contributed by atoms with Crippen molar-refractivity contribution in [2.75, 3.05) is 30.9 Å². The lowest BCUT2D eigenvalue weighted by atomic mass is 9.86. The third-order valence-corrected chi connectivity index (χ3v) is 7.44. The van der Waals surface area contributed by atoms with Gasteiger partial charge in [-0.05, 0) is 68.9 Å². The van der Waals surface area contributed by atoms with Crippen LogP contribution < -0.4 is 15.5 Å². The zero-order valence-electron chi connectivity index (χ0n) is 19.2. The summed E-state index contributed by atoms with van der Waals surface area (Å²) in [6.07, 6.45) is 9.40. The van der Waals surface area contributed by atoms with E-state index >= 15 is 0 Å². The third-order valence-electron chi connectivity index (χ3n) is 6.66. The van der Waals surface area contributed by atoms with Crippen LogP contribution in [0.2, 0.25) is 0 Å². The third kappa shape index (κ3) is 5.80. The van der Waals surface area contributed by atoms with Gasteiger partial charge < -0.3 is 15.5 Å². The largest absolute Gasteiger partial charge is 0.362 e. The molecule has 1 fully saturated rings. The molecule has 4 rings (SSSR count). The predicted molar refractivity (Wildman–Crippen MR) is 133 cm³/mol. The number of hydrogen-bond donors (Lipinski definition) is 2. The molecule has 2 N–H and O–H groups in total. The van der Waals surface area contributed by atoms with E-state index in [4.69, 9.17) is 9.97 Å². The maximum Gasteiger partial charge on any atom is 0.225 e. The van der Waals surface area contributed by atoms with Crippen LogP contribution in [-0.2, 0) is 24.1 Å². The van der Waals surface area contributed by atoms with Gasteiger partial charge >= 0.3 is 0 Å². The van der Waals surface area contributed by atoms with Gasteiger partial charge in [0.25, 0.3) is 0 Å². The van der Waals surface area contributed by atoms with Crippen LogP contribution in [0.1, 0.15) is 55.3 Å². The van der Waals surface area contributed by atoms with Crippen LogP contribution in [0.5, 0.6) is 0 Å². The maximum absolute atomic E-state index is 12.4. The molecule has 1 saturated carbocycles. The molecule has 0 unspecified atom stereocenters. The highest BCUT2D eigenvalue weighted by Gasteiger charge is 2.24. The molecule has 172 valence electrons. The Hall–Kier alpha value is -2.15. The number of rotatable bonds is 7. The first-order valence-corrected chi connectivity index (χ1v) is 12.6. The Labute approximate surface area is 199 Å². The number of nitrogens with zero attached hydrogens (tertiary/aromatic N) is 3. The minimum atomic E-state index is 0.0934. The molecule has 1 aromatic heterocycles. The summed E-state index contributed by atoms with van der Waals surface area (Å²) in [5.41, 5.74) is 3.58. The second kappa shape index (κ2) is 10.6. The van der Waals surface area contributed by atoms with E-state index in [1.165, 1.54) is 24.1 Å². The number of benzene rings is 1. The number of carbonyl (C=O) groups excluding carboxylic acids is 1. The highest BCUT2D eigenvalue weighted by atomic mass is 79.9. The fraction of sp³-hybridized carbons (Fsp3) is 0.560. The van der Waals surface area contributed by atoms with Gasteiger partial charge in [-0.25, -0.2) is 4.98 Å². The molecule has 0 aliphatic heterocycles. The van der Waals surface area contributed by atoms with E-state index in [2.05, 4.69) is 45.6 Å². The first-order valence-electron chi connectivity index (χ1n) is 11.8. The average molecular weight is 500 g/mol. The molecule has 2 aliphatic carbocycles. The standard InChI is InChI=1S/C25H34BrN5O/c1-31(2)24-20-8-4-6-10-22(20)29-25(30-24)28-19-13-11-17(12-14-19)16-27-23(32)15-18-7-3-5-9-21(18)26/h3,5,7,9,17,19H,4,6,8,10-16H2,1-2H3,(H,27,32)(H,28,29,30). The molecule has 1 heterocycles. The first-order chi connectivity index (χ1) is 15.5. The second-order valence-corrected chi connectivity index (χ2v) is 10.2. The smallest absolute Gasteiger partial charge is 0.225 e. The molecule has 6 nitrogen and oxygen atoms in total. The van der Waals surface area contributed by atoms with Gasteiger partial charge in [-0.2, -0.15) is 4.98 Å². The number of amides is 1. The van der Waals surface area contributed by atoms with E-state index in [0.29, 0.717) is 18.4 Å². The molecular formula is C25H34BrN5O. The summed E-state index contributed by atoms with van der Waals surface area (Å²) in [5.74, 6) is 2.48. The number of halogens is 1. The summed E-state index contributed by atoms with van der Waals surface area (Å²) in [6, 6.07) is 8.30. The molecule has 2 aromatic rings. The highest BCUT2D eigenvalue weighted by Crippen LogP contribution is 2.30. The Bertz CT molecular complexity index is 940. The van der Waals surface area contributed by atoms with E-state index in [-0.39, 0.29) is 5.91 Å². The van der Waals surface area contributed by atoms with Crippen LogP contribution in [0.4, 0.5) is 11.8 Å². The molecule has 0 radical (unpaired) electrons. The number of anilines is 2. The quantitative estimate of drug-likeness (QED) is 0.586. The Morgan fingerprint density at radius 1 is 1.09 bits per heavy atom. The monoisotopic (exact) mass is 499 g/mol. The number of carbonyl (C=O) groups is 1. The zero-order valence-corrected chi connectivity index (χ0v) is 20.7. The number of fused-ring (bicyclic) bond motifs is 1. The first kappa shape index (κ1) is 23.0. The highest BCUT2D eigenvalue weighted by molar-refractivity contribution is 9.10. The number of hydrogen-bond acceptors (Lipinski definition) is 5. The number of aromatic nitrogens is 2. The molecular weight excluding hydrogens is 466 g/mol. The minimum absolute atomic E-state index is 0.0934. The van der Waals surface area contributed by atoms with Crippen LogP contribution in [0.25, 0.3) is 0 Å².